The van der Waals surface area contributed by atoms with Gasteiger partial charge in [0.2, 0.25) is 0 Å². The molecule has 0 atom stereocenters. The van der Waals surface area contributed by atoms with E-state index >= 15 is 0 Å². The molecule has 0 saturated heterocycles. The van der Waals surface area contributed by atoms with E-state index in [0.29, 0.717) is 0 Å². The molecular weight excluding hydrogens is 244 g/mol. The molecular formula is H2HoO3P. The molecule has 5 heteroatoms. The average molecular weight is 246 g/mol. The molecule has 0 aromatic rings. The van der Waals surface area contributed by atoms with E-state index in [-0.39, 0.29) is 0 Å². The van der Waals surface area contributed by atoms with Crippen molar-refractivity contribution in [1.29, 1.82) is 0 Å². The summed E-state index contributed by atoms with van der Waals surface area (Å²) in [4.78, 5) is 15.2. The Morgan fingerprint density at radius 3 is 1.60 bits per heavy atom. The Bertz CT molecular complexity index is 53.0. The van der Waals surface area contributed by atoms with Crippen molar-refractivity contribution < 1.29 is 49.4 Å². The summed E-state index contributed by atoms with van der Waals surface area (Å²) >= 11 is 1.21. The van der Waals surface area contributed by atoms with Crippen LogP contribution in [-0.2, 0) is 4.57 Å². The maximum atomic E-state index is 9.30. The van der Waals surface area contributed by atoms with Crippen LogP contribution in [0.4, 0.5) is 0 Å². The summed E-state index contributed by atoms with van der Waals surface area (Å²) in [5.41, 5.74) is 0. The van der Waals surface area contributed by atoms with E-state index in [2.05, 4.69) is 0 Å². The van der Waals surface area contributed by atoms with Crippen LogP contribution in [0.25, 0.3) is 0 Å². The molecule has 0 radical (unpaired) electrons. The molecule has 0 aromatic carbocycles. The van der Waals surface area contributed by atoms with Crippen LogP contribution in [0, 0.1) is 35.1 Å². The zero-order valence-corrected chi connectivity index (χ0v) is 4.88. The van der Waals surface area contributed by atoms with Crippen molar-refractivity contribution in [3.8, 4) is 0 Å². The Morgan fingerprint density at radius 1 is 1.60 bits per heavy atom. The van der Waals surface area contributed by atoms with E-state index in [9.17, 15) is 4.57 Å². The first kappa shape index (κ1) is 6.41. The summed E-state index contributed by atoms with van der Waals surface area (Å²) in [7, 11) is 0. The van der Waals surface area contributed by atoms with Gasteiger partial charge in [-0.2, -0.15) is 0 Å². The summed E-state index contributed by atoms with van der Waals surface area (Å²) in [6.45, 7) is 0. The topological polar surface area (TPSA) is 57.5 Å². The van der Waals surface area contributed by atoms with Gasteiger partial charge in [0, 0.05) is 0 Å². The van der Waals surface area contributed by atoms with Gasteiger partial charge in [-0.25, -0.2) is 0 Å². The van der Waals surface area contributed by atoms with Crippen LogP contribution >= 0.6 is 3.01 Å². The maximum absolute atomic E-state index is 9.30. The van der Waals surface area contributed by atoms with Crippen molar-refractivity contribution in [2.45, 2.75) is 0 Å². The fourth-order valence-electron chi connectivity index (χ4n) is 0. The van der Waals surface area contributed by atoms with Crippen LogP contribution in [0.2, 0.25) is 0 Å². The van der Waals surface area contributed by atoms with Gasteiger partial charge in [-0.1, -0.05) is 0 Å². The molecule has 0 amide bonds. The second-order valence-electron chi connectivity index (χ2n) is 0.428. The monoisotopic (exact) mass is 246 g/mol. The van der Waals surface area contributed by atoms with Gasteiger partial charge < -0.3 is 0 Å². The van der Waals surface area contributed by atoms with Crippen LogP contribution in [0.1, 0.15) is 0 Å². The summed E-state index contributed by atoms with van der Waals surface area (Å²) in [5.74, 6) is 0. The van der Waals surface area contributed by atoms with Crippen molar-refractivity contribution >= 4 is 3.01 Å². The van der Waals surface area contributed by atoms with Crippen molar-refractivity contribution in [3.05, 3.63) is 0 Å². The Hall–Kier alpha value is 1.41. The molecule has 2 N–H and O–H groups in total. The fourth-order valence-corrected chi connectivity index (χ4v) is 0. The van der Waals surface area contributed by atoms with Gasteiger partial charge in [0.05, 0.1) is 0 Å². The standard InChI is InChI=1S/Ho.HO3P/c;1-4(2)3/h;(H-,1,2,3)/q-1;/p+1. The van der Waals surface area contributed by atoms with Gasteiger partial charge >= 0.3 is 52.4 Å². The molecule has 0 aliphatic heterocycles. The van der Waals surface area contributed by atoms with Gasteiger partial charge in [0.1, 0.15) is 0 Å². The van der Waals surface area contributed by atoms with E-state index in [0.717, 1.165) is 0 Å². The van der Waals surface area contributed by atoms with E-state index in [1.165, 1.54) is 35.1 Å². The van der Waals surface area contributed by atoms with E-state index in [4.69, 9.17) is 9.79 Å². The molecule has 0 aliphatic carbocycles. The molecule has 3 nitrogen and oxygen atoms in total. The van der Waals surface area contributed by atoms with Gasteiger partial charge in [-0.3, -0.25) is 0 Å². The minimum absolute atomic E-state index is 1.21. The molecule has 36 valence electrons. The zero-order valence-electron chi connectivity index (χ0n) is 2.05. The molecule has 0 rings (SSSR count). The van der Waals surface area contributed by atoms with Gasteiger partial charge in [0.25, 0.3) is 0 Å². The molecule has 5 heavy (non-hydrogen) atoms. The van der Waals surface area contributed by atoms with E-state index < -0.39 is 3.01 Å². The molecule has 0 aromatic heterocycles. The second-order valence-corrected chi connectivity index (χ2v) is 4.67. The van der Waals surface area contributed by atoms with Crippen molar-refractivity contribution in [2.75, 3.05) is 0 Å². The Balaban J connectivity index is 3.47. The molecule has 0 heterocycles. The van der Waals surface area contributed by atoms with Gasteiger partial charge in [-0.05, 0) is 0 Å². The third-order valence-corrected chi connectivity index (χ3v) is 0. The third-order valence-electron chi connectivity index (χ3n) is 0. The quantitative estimate of drug-likeness (QED) is 0.452. The second kappa shape index (κ2) is 1.92. The predicted octanol–water partition coefficient (Wildman–Crippen LogP) is -0.372. The Labute approximate surface area is 52.0 Å². The first-order valence-corrected chi connectivity index (χ1v) is 4.75. The van der Waals surface area contributed by atoms with Crippen LogP contribution in [0.15, 0.2) is 0 Å². The molecule has 0 spiro atoms. The summed E-state index contributed by atoms with van der Waals surface area (Å²) in [6.07, 6.45) is 0. The van der Waals surface area contributed by atoms with Crippen LogP contribution in [0.5, 0.6) is 0 Å². The Kier molecular flexibility index (Phi) is 2.46. The zero-order chi connectivity index (χ0) is 4.50. The average Bonchev–Trinajstić information content (AvgIpc) is 0.722. The third kappa shape index (κ3) is 31.6. The van der Waals surface area contributed by atoms with Gasteiger partial charge in [0.15, 0.2) is 0 Å². The van der Waals surface area contributed by atoms with Crippen LogP contribution in [-0.4, -0.2) is 9.79 Å². The van der Waals surface area contributed by atoms with Crippen molar-refractivity contribution in [2.24, 2.45) is 0 Å². The molecule has 0 unspecified atom stereocenters. The summed E-state index contributed by atoms with van der Waals surface area (Å²) in [5, 5.41) is 0. The number of hydrogen-bond acceptors (Lipinski definition) is 1. The van der Waals surface area contributed by atoms with Crippen molar-refractivity contribution in [3.63, 3.8) is 0 Å². The number of rotatable bonds is 0. The first-order valence-electron chi connectivity index (χ1n) is 0.717. The van der Waals surface area contributed by atoms with Gasteiger partial charge in [-0.15, -0.1) is 0 Å². The molecule has 0 bridgehead atoms. The first-order chi connectivity index (χ1) is 2.00. The predicted molar refractivity (Wildman–Crippen MR) is 12.0 cm³/mol. The Morgan fingerprint density at radius 2 is 1.60 bits per heavy atom. The van der Waals surface area contributed by atoms with E-state index in [1.807, 2.05) is 0 Å². The molecule has 0 fully saturated rings. The number of hydrogen-bond donors (Lipinski definition) is 2. The van der Waals surface area contributed by atoms with Crippen molar-refractivity contribution in [1.82, 2.24) is 0 Å². The fraction of sp³-hybridized carbons (Fsp3) is 0. The summed E-state index contributed by atoms with van der Waals surface area (Å²) in [6, 6.07) is 0. The minimum atomic E-state index is -3.69. The molecule has 0 aliphatic rings. The SMILES string of the molecule is O=[P](O)(O)[Ho]. The molecule has 0 saturated carbocycles. The normalized spacial score (nSPS) is 12.0. The van der Waals surface area contributed by atoms with Crippen LogP contribution < -0.4 is 0 Å². The summed E-state index contributed by atoms with van der Waals surface area (Å²) < 4.78 is 5.61. The van der Waals surface area contributed by atoms with Crippen LogP contribution in [0.3, 0.4) is 0 Å². The van der Waals surface area contributed by atoms with E-state index in [1.54, 1.807) is 0 Å².